The monoisotopic (exact) mass is 461 g/mol. The van der Waals surface area contributed by atoms with E-state index in [2.05, 4.69) is 15.0 Å². The Morgan fingerprint density at radius 3 is 2.41 bits per heavy atom. The zero-order valence-corrected chi connectivity index (χ0v) is 19.2. The minimum absolute atomic E-state index is 0.0804. The van der Waals surface area contributed by atoms with Gasteiger partial charge in [0.1, 0.15) is 11.9 Å². The minimum Gasteiger partial charge on any atom is -0.493 e. The Labute approximate surface area is 197 Å². The van der Waals surface area contributed by atoms with Crippen LogP contribution in [0.1, 0.15) is 6.42 Å². The van der Waals surface area contributed by atoms with Gasteiger partial charge in [0.15, 0.2) is 11.5 Å². The number of fused-ring (bicyclic) bond motifs is 1. The average Bonchev–Trinajstić information content (AvgIpc) is 3.38. The number of hydrogen-bond donors (Lipinski definition) is 1. The first kappa shape index (κ1) is 21.7. The number of para-hydroxylation sites is 1. The first-order valence-electron chi connectivity index (χ1n) is 11.2. The van der Waals surface area contributed by atoms with Gasteiger partial charge in [-0.2, -0.15) is 10.1 Å². The quantitative estimate of drug-likeness (QED) is 0.616. The van der Waals surface area contributed by atoms with Gasteiger partial charge in [-0.05, 0) is 18.2 Å². The van der Waals surface area contributed by atoms with Crippen molar-refractivity contribution in [3.63, 3.8) is 0 Å². The van der Waals surface area contributed by atoms with Gasteiger partial charge in [-0.25, -0.2) is 4.98 Å². The molecule has 34 heavy (non-hydrogen) atoms. The molecule has 10 nitrogen and oxygen atoms in total. The van der Waals surface area contributed by atoms with E-state index in [1.807, 2.05) is 40.2 Å². The summed E-state index contributed by atoms with van der Waals surface area (Å²) in [6.45, 7) is 2.38. The molecule has 3 heterocycles. The Hall–Kier alpha value is -4.08. The fourth-order valence-electron chi connectivity index (χ4n) is 4.39. The molecule has 1 fully saturated rings. The lowest BCUT2D eigenvalue weighted by Crippen LogP contribution is -2.54. The van der Waals surface area contributed by atoms with Gasteiger partial charge in [0.2, 0.25) is 11.9 Å². The Bertz CT molecular complexity index is 1230. The molecular weight excluding hydrogens is 434 g/mol. The van der Waals surface area contributed by atoms with Crippen LogP contribution in [0, 0.1) is 0 Å². The van der Waals surface area contributed by atoms with Gasteiger partial charge in [-0.15, -0.1) is 0 Å². The topological polar surface area (TPSA) is 109 Å². The minimum atomic E-state index is -0.316. The Kier molecular flexibility index (Phi) is 5.79. The molecule has 0 spiro atoms. The number of aromatic nitrogens is 2. The first-order valence-corrected chi connectivity index (χ1v) is 11.2. The highest BCUT2D eigenvalue weighted by Gasteiger charge is 2.34. The summed E-state index contributed by atoms with van der Waals surface area (Å²) in [7, 11) is 3.16. The molecule has 1 saturated heterocycles. The molecule has 3 aromatic rings. The molecule has 0 aliphatic carbocycles. The van der Waals surface area contributed by atoms with E-state index in [0.29, 0.717) is 66.8 Å². The van der Waals surface area contributed by atoms with E-state index in [1.165, 1.54) is 0 Å². The third kappa shape index (κ3) is 3.91. The van der Waals surface area contributed by atoms with Crippen LogP contribution in [0.3, 0.4) is 0 Å². The highest BCUT2D eigenvalue weighted by molar-refractivity contribution is 5.92. The van der Waals surface area contributed by atoms with E-state index < -0.39 is 0 Å². The molecule has 2 aliphatic rings. The van der Waals surface area contributed by atoms with Crippen LogP contribution in [-0.2, 0) is 4.79 Å². The van der Waals surface area contributed by atoms with Crippen LogP contribution in [0.4, 0.5) is 17.5 Å². The number of hydrazone groups is 1. The number of nitrogens with zero attached hydrogens (tertiary/aromatic N) is 6. The van der Waals surface area contributed by atoms with E-state index in [0.717, 1.165) is 5.69 Å². The standard InChI is InChI=1S/C24H27N7O3/c1-33-20-14-17-18(15-21(20)34-2)27-24(28-22(17)25)30-12-10-29(11-13-30)23(32)19-8-9-26-31(19)16-6-4-3-5-7-16/h3-7,9,14-15,19H,8,10-13H2,1-2H3,(H2,25,27,28). The Morgan fingerprint density at radius 1 is 1.00 bits per heavy atom. The predicted octanol–water partition coefficient (Wildman–Crippen LogP) is 2.14. The van der Waals surface area contributed by atoms with Crippen LogP contribution in [0.5, 0.6) is 11.5 Å². The third-order valence-corrected chi connectivity index (χ3v) is 6.23. The molecule has 1 atom stereocenters. The number of carbonyl (C=O) groups excluding carboxylic acids is 1. The fraction of sp³-hybridized carbons (Fsp3) is 0.333. The van der Waals surface area contributed by atoms with E-state index in [4.69, 9.17) is 20.2 Å². The number of hydrogen-bond acceptors (Lipinski definition) is 9. The normalized spacial score (nSPS) is 17.9. The number of nitrogen functional groups attached to an aromatic ring is 1. The molecule has 0 bridgehead atoms. The van der Waals surface area contributed by atoms with Gasteiger partial charge in [0.25, 0.3) is 0 Å². The summed E-state index contributed by atoms with van der Waals surface area (Å²) < 4.78 is 10.8. The molecule has 176 valence electrons. The summed E-state index contributed by atoms with van der Waals surface area (Å²) in [5, 5.41) is 6.94. The second kappa shape index (κ2) is 9.05. The molecule has 5 rings (SSSR count). The van der Waals surface area contributed by atoms with E-state index in [1.54, 1.807) is 32.6 Å². The van der Waals surface area contributed by atoms with Crippen LogP contribution in [0.2, 0.25) is 0 Å². The van der Waals surface area contributed by atoms with Gasteiger partial charge in [0, 0.05) is 50.3 Å². The number of carbonyl (C=O) groups is 1. The smallest absolute Gasteiger partial charge is 0.247 e. The zero-order valence-electron chi connectivity index (χ0n) is 19.2. The number of ether oxygens (including phenoxy) is 2. The SMILES string of the molecule is COc1cc2nc(N3CCN(C(=O)C4CC=NN4c4ccccc4)CC3)nc(N)c2cc1OC. The second-order valence-electron chi connectivity index (χ2n) is 8.18. The van der Waals surface area contributed by atoms with Crippen molar-refractivity contribution in [2.24, 2.45) is 5.10 Å². The Morgan fingerprint density at radius 2 is 1.71 bits per heavy atom. The van der Waals surface area contributed by atoms with Gasteiger partial charge in [-0.1, -0.05) is 18.2 Å². The van der Waals surface area contributed by atoms with Crippen LogP contribution >= 0.6 is 0 Å². The number of rotatable bonds is 5. The van der Waals surface area contributed by atoms with Crippen molar-refractivity contribution in [2.45, 2.75) is 12.5 Å². The lowest BCUT2D eigenvalue weighted by atomic mass is 10.1. The maximum Gasteiger partial charge on any atom is 0.247 e. The number of anilines is 3. The summed E-state index contributed by atoms with van der Waals surface area (Å²) >= 11 is 0. The maximum absolute atomic E-state index is 13.3. The molecular formula is C24H27N7O3. The maximum atomic E-state index is 13.3. The number of piperazine rings is 1. The van der Waals surface area contributed by atoms with Crippen LogP contribution in [0.25, 0.3) is 10.9 Å². The summed E-state index contributed by atoms with van der Waals surface area (Å²) in [5.41, 5.74) is 7.85. The van der Waals surface area contributed by atoms with Crippen LogP contribution in [0.15, 0.2) is 47.6 Å². The summed E-state index contributed by atoms with van der Waals surface area (Å²) in [5.74, 6) is 2.15. The fourth-order valence-corrected chi connectivity index (χ4v) is 4.39. The van der Waals surface area contributed by atoms with Gasteiger partial charge >= 0.3 is 0 Å². The van der Waals surface area contributed by atoms with Crippen molar-refractivity contribution in [1.29, 1.82) is 0 Å². The third-order valence-electron chi connectivity index (χ3n) is 6.23. The number of amides is 1. The first-order chi connectivity index (χ1) is 16.6. The van der Waals surface area contributed by atoms with Crippen molar-refractivity contribution in [3.8, 4) is 11.5 Å². The van der Waals surface area contributed by atoms with E-state index in [9.17, 15) is 4.79 Å². The van der Waals surface area contributed by atoms with Crippen LogP contribution < -0.4 is 25.1 Å². The van der Waals surface area contributed by atoms with Gasteiger partial charge in [0.05, 0.1) is 25.4 Å². The molecule has 1 aromatic heterocycles. The number of benzene rings is 2. The predicted molar refractivity (Wildman–Crippen MR) is 132 cm³/mol. The molecule has 2 aromatic carbocycles. The highest BCUT2D eigenvalue weighted by atomic mass is 16.5. The summed E-state index contributed by atoms with van der Waals surface area (Å²) in [6, 6.07) is 13.0. The number of nitrogens with two attached hydrogens (primary N) is 1. The largest absolute Gasteiger partial charge is 0.493 e. The molecule has 0 saturated carbocycles. The van der Waals surface area contributed by atoms with E-state index in [-0.39, 0.29) is 11.9 Å². The van der Waals surface area contributed by atoms with Gasteiger partial charge in [-0.3, -0.25) is 9.80 Å². The highest BCUT2D eigenvalue weighted by Crippen LogP contribution is 2.34. The van der Waals surface area contributed by atoms with Crippen LogP contribution in [-0.4, -0.2) is 73.4 Å². The van der Waals surface area contributed by atoms with E-state index >= 15 is 0 Å². The van der Waals surface area contributed by atoms with Crippen molar-refractivity contribution in [2.75, 3.05) is 56.0 Å². The molecule has 2 N–H and O–H groups in total. The van der Waals surface area contributed by atoms with Crippen molar-refractivity contribution in [1.82, 2.24) is 14.9 Å². The summed E-state index contributed by atoms with van der Waals surface area (Å²) in [6.07, 6.45) is 2.41. The van der Waals surface area contributed by atoms with Crippen molar-refractivity contribution in [3.05, 3.63) is 42.5 Å². The summed E-state index contributed by atoms with van der Waals surface area (Å²) in [4.78, 5) is 26.5. The lowest BCUT2D eigenvalue weighted by Gasteiger charge is -2.37. The molecule has 0 radical (unpaired) electrons. The Balaban J connectivity index is 1.30. The van der Waals surface area contributed by atoms with Gasteiger partial charge < -0.3 is 25.0 Å². The molecule has 1 amide bonds. The molecule has 10 heteroatoms. The zero-order chi connectivity index (χ0) is 23.7. The lowest BCUT2D eigenvalue weighted by molar-refractivity contribution is -0.132. The number of methoxy groups -OCH3 is 2. The van der Waals surface area contributed by atoms with Crippen molar-refractivity contribution < 1.29 is 14.3 Å². The average molecular weight is 462 g/mol. The van der Waals surface area contributed by atoms with Crippen molar-refractivity contribution >= 4 is 40.5 Å². The molecule has 1 unspecified atom stereocenters. The second-order valence-corrected chi connectivity index (χ2v) is 8.18. The molecule has 2 aliphatic heterocycles.